The van der Waals surface area contributed by atoms with E-state index in [1.54, 1.807) is 0 Å². The molecule has 7 nitrogen and oxygen atoms in total. The Morgan fingerprint density at radius 3 is 1.26 bits per heavy atom. The lowest BCUT2D eigenvalue weighted by Crippen LogP contribution is -2.24. The molecule has 19 heavy (non-hydrogen) atoms. The molecule has 4 N–H and O–H groups in total. The van der Waals surface area contributed by atoms with Crippen molar-refractivity contribution in [1.29, 1.82) is 0 Å². The quantitative estimate of drug-likeness (QED) is 0.248. The van der Waals surface area contributed by atoms with Crippen molar-refractivity contribution in [2.75, 3.05) is 79.0 Å². The first-order chi connectivity index (χ1) is 9.41. The van der Waals surface area contributed by atoms with Crippen LogP contribution in [-0.2, 0) is 14.2 Å². The average Bonchev–Trinajstić information content (AvgIpc) is 2.43. The maximum atomic E-state index is 8.52. The number of hydrogen-bond acceptors (Lipinski definition) is 7. The zero-order valence-corrected chi connectivity index (χ0v) is 11.6. The molecule has 0 aromatic rings. The van der Waals surface area contributed by atoms with E-state index in [1.165, 1.54) is 0 Å². The van der Waals surface area contributed by atoms with Gasteiger partial charge in [0.05, 0.1) is 52.9 Å². The Morgan fingerprint density at radius 1 is 0.526 bits per heavy atom. The summed E-state index contributed by atoms with van der Waals surface area (Å²) >= 11 is 0. The number of aliphatic hydroxyl groups excluding tert-OH is 2. The van der Waals surface area contributed by atoms with E-state index in [0.29, 0.717) is 52.7 Å². The summed E-state index contributed by atoms with van der Waals surface area (Å²) < 4.78 is 15.9. The lowest BCUT2D eigenvalue weighted by atomic mass is 10.6. The molecule has 0 radical (unpaired) electrons. The number of aliphatic hydroxyl groups is 2. The van der Waals surface area contributed by atoms with Gasteiger partial charge < -0.3 is 35.1 Å². The van der Waals surface area contributed by atoms with Crippen molar-refractivity contribution < 1.29 is 24.4 Å². The van der Waals surface area contributed by atoms with Crippen molar-refractivity contribution >= 4 is 0 Å². The summed E-state index contributed by atoms with van der Waals surface area (Å²) in [5.41, 5.74) is 0. The van der Waals surface area contributed by atoms with Crippen LogP contribution in [0.5, 0.6) is 0 Å². The summed E-state index contributed by atoms with van der Waals surface area (Å²) in [5, 5.41) is 23.1. The van der Waals surface area contributed by atoms with Gasteiger partial charge >= 0.3 is 0 Å². The lowest BCUT2D eigenvalue weighted by molar-refractivity contribution is 0.0156. The van der Waals surface area contributed by atoms with Gasteiger partial charge in [0.25, 0.3) is 0 Å². The third-order valence-electron chi connectivity index (χ3n) is 2.17. The molecule has 7 heteroatoms. The van der Waals surface area contributed by atoms with Gasteiger partial charge in [0.2, 0.25) is 0 Å². The van der Waals surface area contributed by atoms with Gasteiger partial charge in [-0.15, -0.1) is 0 Å². The van der Waals surface area contributed by atoms with Crippen LogP contribution in [0.4, 0.5) is 0 Å². The largest absolute Gasteiger partial charge is 0.395 e. The Kier molecular flexibility index (Phi) is 17.5. The molecule has 0 saturated heterocycles. The minimum Gasteiger partial charge on any atom is -0.395 e. The Balaban J connectivity index is 2.88. The zero-order chi connectivity index (χ0) is 14.0. The lowest BCUT2D eigenvalue weighted by Gasteiger charge is -2.07. The van der Waals surface area contributed by atoms with Crippen LogP contribution in [0.2, 0.25) is 0 Å². The first-order valence-electron chi connectivity index (χ1n) is 6.78. The second-order valence-electron chi connectivity index (χ2n) is 3.78. The van der Waals surface area contributed by atoms with E-state index < -0.39 is 0 Å². The molecule has 0 fully saturated rings. The molecule has 0 unspecified atom stereocenters. The number of ether oxygens (including phenoxy) is 3. The van der Waals surface area contributed by atoms with Crippen molar-refractivity contribution in [3.63, 3.8) is 0 Å². The van der Waals surface area contributed by atoms with Crippen molar-refractivity contribution in [2.45, 2.75) is 0 Å². The smallest absolute Gasteiger partial charge is 0.0701 e. The second kappa shape index (κ2) is 17.7. The molecule has 0 spiro atoms. The van der Waals surface area contributed by atoms with Gasteiger partial charge in [0.1, 0.15) is 0 Å². The second-order valence-corrected chi connectivity index (χ2v) is 3.78. The van der Waals surface area contributed by atoms with Gasteiger partial charge in [-0.2, -0.15) is 0 Å². The normalized spacial score (nSPS) is 11.1. The first-order valence-corrected chi connectivity index (χ1v) is 6.78. The minimum atomic E-state index is 0.151. The third kappa shape index (κ3) is 17.7. The molecule has 0 aromatic carbocycles. The summed E-state index contributed by atoms with van der Waals surface area (Å²) in [5.74, 6) is 0. The highest BCUT2D eigenvalue weighted by molar-refractivity contribution is 4.44. The van der Waals surface area contributed by atoms with Crippen LogP contribution in [0.15, 0.2) is 0 Å². The van der Waals surface area contributed by atoms with Crippen LogP contribution < -0.4 is 10.6 Å². The Bertz CT molecular complexity index is 147. The van der Waals surface area contributed by atoms with Gasteiger partial charge in [0, 0.05) is 26.2 Å². The molecule has 0 aliphatic carbocycles. The molecule has 0 saturated carbocycles. The fourth-order valence-electron chi connectivity index (χ4n) is 1.24. The molecular formula is C12H28N2O5. The molecule has 0 rings (SSSR count). The first kappa shape index (κ1) is 18.7. The zero-order valence-electron chi connectivity index (χ0n) is 11.6. The predicted octanol–water partition coefficient (Wildman–Crippen LogP) is -1.80. The summed E-state index contributed by atoms with van der Waals surface area (Å²) in [7, 11) is 0. The SMILES string of the molecule is OCCNCCOCCOCCOCCNCCO. The van der Waals surface area contributed by atoms with Gasteiger partial charge in [-0.1, -0.05) is 0 Å². The number of rotatable bonds is 16. The molecule has 0 aliphatic rings. The van der Waals surface area contributed by atoms with Crippen molar-refractivity contribution in [3.05, 3.63) is 0 Å². The molecule has 0 bridgehead atoms. The van der Waals surface area contributed by atoms with E-state index >= 15 is 0 Å². The highest BCUT2D eigenvalue weighted by atomic mass is 16.5. The fraction of sp³-hybridized carbons (Fsp3) is 1.00. The molecule has 0 heterocycles. The van der Waals surface area contributed by atoms with Gasteiger partial charge in [0.15, 0.2) is 0 Å². The third-order valence-corrected chi connectivity index (χ3v) is 2.17. The molecule has 0 aromatic heterocycles. The molecule has 116 valence electrons. The summed E-state index contributed by atoms with van der Waals surface area (Å²) in [6.45, 7) is 6.49. The monoisotopic (exact) mass is 280 g/mol. The van der Waals surface area contributed by atoms with E-state index in [-0.39, 0.29) is 13.2 Å². The van der Waals surface area contributed by atoms with Crippen molar-refractivity contribution in [2.24, 2.45) is 0 Å². The number of nitrogens with one attached hydrogen (secondary N) is 2. The molecule has 0 amide bonds. The Morgan fingerprint density at radius 2 is 0.895 bits per heavy atom. The molecule has 0 atom stereocenters. The number of hydrogen-bond donors (Lipinski definition) is 4. The van der Waals surface area contributed by atoms with E-state index in [2.05, 4.69) is 10.6 Å². The van der Waals surface area contributed by atoms with Crippen molar-refractivity contribution in [1.82, 2.24) is 10.6 Å². The topological polar surface area (TPSA) is 92.2 Å². The van der Waals surface area contributed by atoms with Gasteiger partial charge in [-0.05, 0) is 0 Å². The maximum absolute atomic E-state index is 8.52. The van der Waals surface area contributed by atoms with Crippen molar-refractivity contribution in [3.8, 4) is 0 Å². The maximum Gasteiger partial charge on any atom is 0.0701 e. The Hall–Kier alpha value is -0.280. The fourth-order valence-corrected chi connectivity index (χ4v) is 1.24. The standard InChI is InChI=1S/C12H28N2O5/c15-5-1-13-3-7-17-9-11-19-12-10-18-8-4-14-2-6-16/h13-16H,1-12H2. The highest BCUT2D eigenvalue weighted by Crippen LogP contribution is 1.80. The summed E-state index contributed by atoms with van der Waals surface area (Å²) in [4.78, 5) is 0. The average molecular weight is 280 g/mol. The van der Waals surface area contributed by atoms with Crippen LogP contribution in [0.3, 0.4) is 0 Å². The van der Waals surface area contributed by atoms with Crippen LogP contribution in [0, 0.1) is 0 Å². The Labute approximate surface area is 115 Å². The van der Waals surface area contributed by atoms with E-state index in [0.717, 1.165) is 13.1 Å². The van der Waals surface area contributed by atoms with Crippen LogP contribution in [0.25, 0.3) is 0 Å². The van der Waals surface area contributed by atoms with Gasteiger partial charge in [-0.3, -0.25) is 0 Å². The van der Waals surface area contributed by atoms with E-state index in [9.17, 15) is 0 Å². The minimum absolute atomic E-state index is 0.151. The summed E-state index contributed by atoms with van der Waals surface area (Å²) in [6.07, 6.45) is 0. The van der Waals surface area contributed by atoms with E-state index in [1.807, 2.05) is 0 Å². The van der Waals surface area contributed by atoms with E-state index in [4.69, 9.17) is 24.4 Å². The van der Waals surface area contributed by atoms with Crippen LogP contribution >= 0.6 is 0 Å². The summed E-state index contributed by atoms with van der Waals surface area (Å²) in [6, 6.07) is 0. The molecular weight excluding hydrogens is 252 g/mol. The molecule has 0 aliphatic heterocycles. The van der Waals surface area contributed by atoms with Crippen LogP contribution in [-0.4, -0.2) is 89.2 Å². The predicted molar refractivity (Wildman–Crippen MR) is 72.4 cm³/mol. The van der Waals surface area contributed by atoms with Gasteiger partial charge in [-0.25, -0.2) is 0 Å². The highest BCUT2D eigenvalue weighted by Gasteiger charge is 1.92. The van der Waals surface area contributed by atoms with Crippen LogP contribution in [0.1, 0.15) is 0 Å².